The number of aliphatic hydroxyl groups excluding tert-OH is 1. The fraction of sp³-hybridized carbons (Fsp3) is 0.167. The number of anilines is 1. The fourth-order valence-corrected chi connectivity index (χ4v) is 4.69. The van der Waals surface area contributed by atoms with Gasteiger partial charge < -0.3 is 14.6 Å². The zero-order chi connectivity index (χ0) is 23.7. The number of aliphatic hydroxyl groups is 1. The number of amides is 1. The fourth-order valence-electron chi connectivity index (χ4n) is 3.67. The van der Waals surface area contributed by atoms with Gasteiger partial charge in [0.05, 0.1) is 31.5 Å². The van der Waals surface area contributed by atoms with E-state index in [-0.39, 0.29) is 21.3 Å². The van der Waals surface area contributed by atoms with Crippen LogP contribution in [0.1, 0.15) is 32.5 Å². The number of carbonyl (C=O) groups is 3. The second kappa shape index (κ2) is 8.87. The number of ether oxygens (including phenoxy) is 2. The van der Waals surface area contributed by atoms with Crippen LogP contribution >= 0.6 is 11.3 Å². The largest absolute Gasteiger partial charge is 0.507 e. The van der Waals surface area contributed by atoms with E-state index in [0.29, 0.717) is 22.6 Å². The Labute approximate surface area is 193 Å². The number of rotatable bonds is 5. The normalized spacial score (nSPS) is 17.3. The summed E-state index contributed by atoms with van der Waals surface area (Å²) in [4.78, 5) is 44.2. The first-order chi connectivity index (χ1) is 15.9. The van der Waals surface area contributed by atoms with Crippen molar-refractivity contribution in [1.82, 2.24) is 4.98 Å². The van der Waals surface area contributed by atoms with Crippen LogP contribution in [0.25, 0.3) is 5.76 Å². The van der Waals surface area contributed by atoms with Crippen LogP contribution in [0, 0.1) is 6.92 Å². The minimum atomic E-state index is -0.937. The van der Waals surface area contributed by atoms with Crippen molar-refractivity contribution < 1.29 is 29.0 Å². The molecular formula is C24H20N2O6S. The van der Waals surface area contributed by atoms with Gasteiger partial charge >= 0.3 is 11.9 Å². The molecule has 1 atom stereocenters. The first-order valence-corrected chi connectivity index (χ1v) is 10.7. The molecule has 1 fully saturated rings. The molecule has 0 saturated carbocycles. The van der Waals surface area contributed by atoms with Crippen molar-refractivity contribution in [1.29, 1.82) is 0 Å². The standard InChI is InChI=1S/C24H20N2O6S/c1-13-21(23(30)32-3)33-24(25-13)26-18(14-8-5-4-6-9-14)17(20(28)22(26)29)19(27)15-10-7-11-16(12-15)31-2/h4-12,18,27H,1-3H3/t18-/m1/s1. The Morgan fingerprint density at radius 1 is 1.09 bits per heavy atom. The molecule has 0 spiro atoms. The van der Waals surface area contributed by atoms with E-state index >= 15 is 0 Å². The molecule has 9 heteroatoms. The summed E-state index contributed by atoms with van der Waals surface area (Å²) in [5.74, 6) is -2.12. The van der Waals surface area contributed by atoms with Gasteiger partial charge in [-0.3, -0.25) is 14.5 Å². The van der Waals surface area contributed by atoms with E-state index in [1.165, 1.54) is 19.1 Å². The number of hydrogen-bond donors (Lipinski definition) is 1. The number of nitrogens with zero attached hydrogens (tertiary/aromatic N) is 2. The summed E-state index contributed by atoms with van der Waals surface area (Å²) in [6.07, 6.45) is 0. The third-order valence-corrected chi connectivity index (χ3v) is 6.40. The average Bonchev–Trinajstić information content (AvgIpc) is 3.35. The molecule has 2 aromatic carbocycles. The van der Waals surface area contributed by atoms with E-state index in [0.717, 1.165) is 11.3 Å². The number of esters is 1. The van der Waals surface area contributed by atoms with Crippen molar-refractivity contribution in [2.24, 2.45) is 0 Å². The number of ketones is 1. The number of aromatic nitrogens is 1. The molecule has 0 bridgehead atoms. The SMILES string of the molecule is COC(=O)c1sc(N2C(=O)C(=O)C(=C(O)c3cccc(OC)c3)[C@H]2c2ccccc2)nc1C. The Balaban J connectivity index is 1.92. The van der Waals surface area contributed by atoms with Crippen LogP contribution in [-0.4, -0.2) is 42.0 Å². The van der Waals surface area contributed by atoms with E-state index in [1.54, 1.807) is 61.5 Å². The molecule has 1 aliphatic rings. The highest BCUT2D eigenvalue weighted by Crippen LogP contribution is 2.44. The van der Waals surface area contributed by atoms with Crippen molar-refractivity contribution >= 4 is 39.9 Å². The Hall–Kier alpha value is -3.98. The van der Waals surface area contributed by atoms with Crippen molar-refractivity contribution in [3.05, 3.63) is 81.9 Å². The van der Waals surface area contributed by atoms with Gasteiger partial charge in [-0.1, -0.05) is 53.8 Å². The lowest BCUT2D eigenvalue weighted by Gasteiger charge is -2.23. The van der Waals surface area contributed by atoms with Crippen LogP contribution in [0.15, 0.2) is 60.2 Å². The number of thiazole rings is 1. The van der Waals surface area contributed by atoms with Gasteiger partial charge in [0.1, 0.15) is 16.4 Å². The van der Waals surface area contributed by atoms with Crippen molar-refractivity contribution in [3.8, 4) is 5.75 Å². The maximum Gasteiger partial charge on any atom is 0.350 e. The van der Waals surface area contributed by atoms with Crippen LogP contribution < -0.4 is 9.64 Å². The number of benzene rings is 2. The van der Waals surface area contributed by atoms with Gasteiger partial charge in [0.2, 0.25) is 0 Å². The maximum absolute atomic E-state index is 13.2. The Kier molecular flexibility index (Phi) is 5.97. The highest BCUT2D eigenvalue weighted by molar-refractivity contribution is 7.17. The van der Waals surface area contributed by atoms with Crippen LogP contribution in [0.4, 0.5) is 5.13 Å². The van der Waals surface area contributed by atoms with Gasteiger partial charge in [-0.2, -0.15) is 0 Å². The third-order valence-electron chi connectivity index (χ3n) is 5.27. The van der Waals surface area contributed by atoms with Crippen LogP contribution in [0.2, 0.25) is 0 Å². The smallest absolute Gasteiger partial charge is 0.350 e. The molecule has 168 valence electrons. The number of methoxy groups -OCH3 is 2. The predicted molar refractivity (Wildman–Crippen MR) is 122 cm³/mol. The predicted octanol–water partition coefficient (Wildman–Crippen LogP) is 3.87. The Bertz CT molecular complexity index is 1280. The number of aryl methyl sites for hydroxylation is 1. The average molecular weight is 464 g/mol. The zero-order valence-corrected chi connectivity index (χ0v) is 18.9. The minimum absolute atomic E-state index is 0.0769. The summed E-state index contributed by atoms with van der Waals surface area (Å²) < 4.78 is 10.0. The molecular weight excluding hydrogens is 444 g/mol. The van der Waals surface area contributed by atoms with E-state index < -0.39 is 23.7 Å². The molecule has 1 aliphatic heterocycles. The van der Waals surface area contributed by atoms with Gasteiger partial charge in [0.15, 0.2) is 5.13 Å². The van der Waals surface area contributed by atoms with Crippen molar-refractivity contribution in [2.75, 3.05) is 19.1 Å². The second-order valence-electron chi connectivity index (χ2n) is 7.21. The number of carbonyl (C=O) groups excluding carboxylic acids is 3. The lowest BCUT2D eigenvalue weighted by Crippen LogP contribution is -2.29. The maximum atomic E-state index is 13.2. The first-order valence-electron chi connectivity index (χ1n) is 9.93. The number of hydrogen-bond acceptors (Lipinski definition) is 8. The van der Waals surface area contributed by atoms with Gasteiger partial charge in [0, 0.05) is 5.56 Å². The lowest BCUT2D eigenvalue weighted by atomic mass is 9.95. The van der Waals surface area contributed by atoms with E-state index in [2.05, 4.69) is 4.98 Å². The van der Waals surface area contributed by atoms with Crippen molar-refractivity contribution in [3.63, 3.8) is 0 Å². The quantitative estimate of drug-likeness (QED) is 0.264. The second-order valence-corrected chi connectivity index (χ2v) is 8.19. The summed E-state index contributed by atoms with van der Waals surface area (Å²) in [7, 11) is 2.75. The molecule has 0 aliphatic carbocycles. The first kappa shape index (κ1) is 22.2. The monoisotopic (exact) mass is 464 g/mol. The third kappa shape index (κ3) is 3.87. The van der Waals surface area contributed by atoms with Gasteiger partial charge in [0.25, 0.3) is 5.78 Å². The highest BCUT2D eigenvalue weighted by atomic mass is 32.1. The van der Waals surface area contributed by atoms with E-state index in [9.17, 15) is 19.5 Å². The van der Waals surface area contributed by atoms with Crippen LogP contribution in [0.5, 0.6) is 5.75 Å². The minimum Gasteiger partial charge on any atom is -0.507 e. The Morgan fingerprint density at radius 2 is 1.82 bits per heavy atom. The van der Waals surface area contributed by atoms with Gasteiger partial charge in [-0.05, 0) is 24.6 Å². The summed E-state index contributed by atoms with van der Waals surface area (Å²) in [5, 5.41) is 11.3. The molecule has 33 heavy (non-hydrogen) atoms. The molecule has 8 nitrogen and oxygen atoms in total. The van der Waals surface area contributed by atoms with Crippen LogP contribution in [0.3, 0.4) is 0 Å². The molecule has 1 amide bonds. The highest BCUT2D eigenvalue weighted by Gasteiger charge is 2.48. The molecule has 3 aromatic rings. The molecule has 4 rings (SSSR count). The molecule has 2 heterocycles. The van der Waals surface area contributed by atoms with E-state index in [4.69, 9.17) is 9.47 Å². The van der Waals surface area contributed by atoms with E-state index in [1.807, 2.05) is 0 Å². The molecule has 1 aromatic heterocycles. The topological polar surface area (TPSA) is 106 Å². The summed E-state index contributed by atoms with van der Waals surface area (Å²) in [5.41, 5.74) is 1.24. The lowest BCUT2D eigenvalue weighted by molar-refractivity contribution is -0.132. The summed E-state index contributed by atoms with van der Waals surface area (Å²) in [6, 6.07) is 14.5. The molecule has 1 saturated heterocycles. The van der Waals surface area contributed by atoms with Crippen LogP contribution in [-0.2, 0) is 14.3 Å². The van der Waals surface area contributed by atoms with Crippen molar-refractivity contribution in [2.45, 2.75) is 13.0 Å². The summed E-state index contributed by atoms with van der Waals surface area (Å²) in [6.45, 7) is 1.62. The summed E-state index contributed by atoms with van der Waals surface area (Å²) >= 11 is 0.952. The molecule has 0 unspecified atom stereocenters. The van der Waals surface area contributed by atoms with Gasteiger partial charge in [-0.15, -0.1) is 0 Å². The molecule has 0 radical (unpaired) electrons. The number of Topliss-reactive ketones (excluding diaryl/α,β-unsaturated/α-hetero) is 1. The zero-order valence-electron chi connectivity index (χ0n) is 18.1. The molecule has 1 N–H and O–H groups in total. The van der Waals surface area contributed by atoms with Gasteiger partial charge in [-0.25, -0.2) is 9.78 Å². The Morgan fingerprint density at radius 3 is 2.48 bits per heavy atom.